The van der Waals surface area contributed by atoms with Crippen LogP contribution in [-0.4, -0.2) is 93.2 Å². The zero-order valence-corrected chi connectivity index (χ0v) is 21.2. The number of carboxylic acids is 1. The van der Waals surface area contributed by atoms with Crippen molar-refractivity contribution in [3.05, 3.63) is 29.8 Å². The molecule has 5 unspecified atom stereocenters. The highest BCUT2D eigenvalue weighted by molar-refractivity contribution is 5.94. The van der Waals surface area contributed by atoms with E-state index < -0.39 is 54.0 Å². The van der Waals surface area contributed by atoms with Gasteiger partial charge in [0.1, 0.15) is 23.9 Å². The molecule has 14 heteroatoms. The van der Waals surface area contributed by atoms with Crippen LogP contribution in [0.3, 0.4) is 0 Å². The number of carbonyl (C=O) groups is 4. The number of aliphatic imine (C=N–C) groups is 1. The Balaban J connectivity index is 2.03. The van der Waals surface area contributed by atoms with E-state index in [1.807, 2.05) is 0 Å². The van der Waals surface area contributed by atoms with Crippen LogP contribution >= 0.6 is 0 Å². The van der Waals surface area contributed by atoms with Crippen molar-refractivity contribution in [3.63, 3.8) is 0 Å². The van der Waals surface area contributed by atoms with Crippen LogP contribution < -0.4 is 27.8 Å². The highest BCUT2D eigenvalue weighted by Crippen LogP contribution is 2.20. The summed E-state index contributed by atoms with van der Waals surface area (Å²) in [5.74, 6) is -3.30. The third kappa shape index (κ3) is 8.88. The molecule has 38 heavy (non-hydrogen) atoms. The molecule has 0 radical (unpaired) electrons. The maximum atomic E-state index is 13.3. The van der Waals surface area contributed by atoms with E-state index in [-0.39, 0.29) is 37.6 Å². The Kier molecular flexibility index (Phi) is 11.3. The maximum Gasteiger partial charge on any atom is 0.326 e. The van der Waals surface area contributed by atoms with Crippen LogP contribution in [0.5, 0.6) is 5.75 Å². The fraction of sp³-hybridized carbons (Fsp3) is 0.542. The summed E-state index contributed by atoms with van der Waals surface area (Å²) in [5.41, 5.74) is 17.2. The summed E-state index contributed by atoms with van der Waals surface area (Å²) in [6.07, 6.45) is -0.0151. The Bertz CT molecular complexity index is 1010. The molecule has 0 spiro atoms. The molecule has 2 rings (SSSR count). The van der Waals surface area contributed by atoms with Gasteiger partial charge in [-0.2, -0.15) is 0 Å². The molecule has 1 aromatic rings. The maximum absolute atomic E-state index is 13.3. The minimum atomic E-state index is -1.36. The van der Waals surface area contributed by atoms with Crippen molar-refractivity contribution < 1.29 is 34.5 Å². The number of carboxylic acid groups (broad SMARTS) is 1. The molecule has 0 bridgehead atoms. The second-order valence-electron chi connectivity index (χ2n) is 9.24. The Morgan fingerprint density at radius 1 is 1.16 bits per heavy atom. The van der Waals surface area contributed by atoms with Crippen LogP contribution in [-0.2, 0) is 25.6 Å². The predicted molar refractivity (Wildman–Crippen MR) is 138 cm³/mol. The number of likely N-dealkylation sites (tertiary alicyclic amines) is 1. The molecule has 1 heterocycles. The van der Waals surface area contributed by atoms with Gasteiger partial charge in [-0.05, 0) is 56.7 Å². The summed E-state index contributed by atoms with van der Waals surface area (Å²) in [7, 11) is 0. The number of nitrogens with two attached hydrogens (primary N) is 3. The number of aliphatic carboxylic acids is 1. The molecule has 1 aromatic carbocycles. The third-order valence-corrected chi connectivity index (χ3v) is 6.17. The summed E-state index contributed by atoms with van der Waals surface area (Å²) in [4.78, 5) is 55.6. The first-order valence-corrected chi connectivity index (χ1v) is 12.3. The number of aliphatic hydroxyl groups is 1. The number of phenols is 1. The molecule has 0 saturated carbocycles. The largest absolute Gasteiger partial charge is 0.508 e. The van der Waals surface area contributed by atoms with Crippen LogP contribution in [0.4, 0.5) is 0 Å². The van der Waals surface area contributed by atoms with Gasteiger partial charge in [-0.3, -0.25) is 19.4 Å². The minimum Gasteiger partial charge on any atom is -0.508 e. The Labute approximate surface area is 220 Å². The Morgan fingerprint density at radius 2 is 1.82 bits per heavy atom. The molecule has 1 fully saturated rings. The average molecular weight is 536 g/mol. The van der Waals surface area contributed by atoms with Crippen LogP contribution in [0, 0.1) is 0 Å². The van der Waals surface area contributed by atoms with E-state index >= 15 is 0 Å². The van der Waals surface area contributed by atoms with Gasteiger partial charge in [-0.25, -0.2) is 4.79 Å². The number of hydrogen-bond donors (Lipinski definition) is 8. The van der Waals surface area contributed by atoms with Crippen LogP contribution in [0.1, 0.15) is 38.2 Å². The van der Waals surface area contributed by atoms with Gasteiger partial charge in [0.15, 0.2) is 5.96 Å². The number of amides is 3. The van der Waals surface area contributed by atoms with Crippen molar-refractivity contribution in [2.75, 3.05) is 13.1 Å². The fourth-order valence-corrected chi connectivity index (χ4v) is 4.14. The number of nitrogens with one attached hydrogen (secondary N) is 2. The minimum absolute atomic E-state index is 0.0661. The SMILES string of the molecule is CC(O)C(NC(=O)C(N)Cc1ccc(O)cc1)C(=O)N1CCCC1C(=O)NC(CCCN=C(N)N)C(=O)O. The molecular weight excluding hydrogens is 498 g/mol. The number of aromatic hydroxyl groups is 1. The lowest BCUT2D eigenvalue weighted by molar-refractivity contribution is -0.146. The molecule has 1 aliphatic rings. The Morgan fingerprint density at radius 3 is 2.39 bits per heavy atom. The van der Waals surface area contributed by atoms with E-state index in [4.69, 9.17) is 17.2 Å². The van der Waals surface area contributed by atoms with Gasteiger partial charge in [0, 0.05) is 13.1 Å². The zero-order valence-electron chi connectivity index (χ0n) is 21.2. The molecule has 210 valence electrons. The topological polar surface area (TPSA) is 247 Å². The van der Waals surface area contributed by atoms with Gasteiger partial charge in [0.05, 0.1) is 12.1 Å². The molecule has 1 aliphatic heterocycles. The van der Waals surface area contributed by atoms with Crippen molar-refractivity contribution in [1.29, 1.82) is 0 Å². The van der Waals surface area contributed by atoms with Gasteiger partial charge in [-0.1, -0.05) is 12.1 Å². The van der Waals surface area contributed by atoms with E-state index in [9.17, 15) is 34.5 Å². The van der Waals surface area contributed by atoms with Crippen molar-refractivity contribution >= 4 is 29.7 Å². The monoisotopic (exact) mass is 535 g/mol. The predicted octanol–water partition coefficient (Wildman–Crippen LogP) is -2.26. The first-order chi connectivity index (χ1) is 17.9. The van der Waals surface area contributed by atoms with Gasteiger partial charge in [0.2, 0.25) is 17.7 Å². The first-order valence-electron chi connectivity index (χ1n) is 12.3. The fourth-order valence-electron chi connectivity index (χ4n) is 4.14. The number of hydrogen-bond acceptors (Lipinski definition) is 8. The normalized spacial score (nSPS) is 18.1. The average Bonchev–Trinajstić information content (AvgIpc) is 3.34. The van der Waals surface area contributed by atoms with Crippen LogP contribution in [0.2, 0.25) is 0 Å². The van der Waals surface area contributed by atoms with E-state index in [0.29, 0.717) is 24.8 Å². The number of benzene rings is 1. The quantitative estimate of drug-likeness (QED) is 0.0765. The molecule has 0 aliphatic carbocycles. The van der Waals surface area contributed by atoms with Gasteiger partial charge < -0.3 is 48.1 Å². The van der Waals surface area contributed by atoms with E-state index in [1.165, 1.54) is 24.0 Å². The number of rotatable bonds is 13. The molecule has 14 nitrogen and oxygen atoms in total. The molecular formula is C24H37N7O7. The van der Waals surface area contributed by atoms with Gasteiger partial charge in [0.25, 0.3) is 0 Å². The van der Waals surface area contributed by atoms with Gasteiger partial charge in [-0.15, -0.1) is 0 Å². The molecule has 3 amide bonds. The molecule has 1 saturated heterocycles. The van der Waals surface area contributed by atoms with Gasteiger partial charge >= 0.3 is 5.97 Å². The van der Waals surface area contributed by atoms with E-state index in [2.05, 4.69) is 15.6 Å². The van der Waals surface area contributed by atoms with E-state index in [1.54, 1.807) is 12.1 Å². The zero-order chi connectivity index (χ0) is 28.4. The summed E-state index contributed by atoms with van der Waals surface area (Å²) in [5, 5.41) is 34.1. The molecule has 11 N–H and O–H groups in total. The van der Waals surface area contributed by atoms with Crippen molar-refractivity contribution in [2.24, 2.45) is 22.2 Å². The first kappa shape index (κ1) is 30.3. The smallest absolute Gasteiger partial charge is 0.326 e. The standard InChI is InChI=1S/C24H37N7O7/c1-13(32)19(30-20(34)16(25)12-14-6-8-15(33)9-7-14)22(36)31-11-3-5-18(31)21(35)29-17(23(37)38)4-2-10-28-24(26)27/h6-9,13,16-19,32-33H,2-5,10-12,25H2,1H3,(H,29,35)(H,30,34)(H,37,38)(H4,26,27,28). The molecule has 5 atom stereocenters. The Hall–Kier alpha value is -3.91. The summed E-state index contributed by atoms with van der Waals surface area (Å²) in [6.45, 7) is 1.72. The highest BCUT2D eigenvalue weighted by atomic mass is 16.4. The number of phenolic OH excluding ortho intramolecular Hbond substituents is 1. The number of aliphatic hydroxyl groups excluding tert-OH is 1. The van der Waals surface area contributed by atoms with Crippen molar-refractivity contribution in [2.45, 2.75) is 69.3 Å². The lowest BCUT2D eigenvalue weighted by Crippen LogP contribution is -2.59. The second-order valence-corrected chi connectivity index (χ2v) is 9.24. The molecule has 0 aromatic heterocycles. The lowest BCUT2D eigenvalue weighted by Gasteiger charge is -2.31. The summed E-state index contributed by atoms with van der Waals surface area (Å²) >= 11 is 0. The van der Waals surface area contributed by atoms with Crippen LogP contribution in [0.25, 0.3) is 0 Å². The third-order valence-electron chi connectivity index (χ3n) is 6.17. The number of nitrogens with zero attached hydrogens (tertiary/aromatic N) is 2. The second kappa shape index (κ2) is 14.1. The summed E-state index contributed by atoms with van der Waals surface area (Å²) in [6, 6.07) is 1.55. The van der Waals surface area contributed by atoms with E-state index in [0.717, 1.165) is 0 Å². The number of carbonyl (C=O) groups excluding carboxylic acids is 3. The lowest BCUT2D eigenvalue weighted by atomic mass is 10.0. The van der Waals surface area contributed by atoms with Crippen molar-refractivity contribution in [1.82, 2.24) is 15.5 Å². The number of guanidine groups is 1. The van der Waals surface area contributed by atoms with Crippen molar-refractivity contribution in [3.8, 4) is 5.75 Å². The van der Waals surface area contributed by atoms with Crippen LogP contribution in [0.15, 0.2) is 29.3 Å². The highest BCUT2D eigenvalue weighted by Gasteiger charge is 2.40. The summed E-state index contributed by atoms with van der Waals surface area (Å²) < 4.78 is 0.